The fraction of sp³-hybridized carbons (Fsp3) is 0.409. The number of amides is 1. The second-order valence-corrected chi connectivity index (χ2v) is 6.17. The largest absolute Gasteiger partial charge is 0.494 e. The zero-order chi connectivity index (χ0) is 18.8. The van der Waals surface area contributed by atoms with Crippen LogP contribution in [0.25, 0.3) is 0 Å². The van der Waals surface area contributed by atoms with Gasteiger partial charge in [0.05, 0.1) is 13.2 Å². The summed E-state index contributed by atoms with van der Waals surface area (Å²) in [5.74, 6) is 0.639. The third kappa shape index (κ3) is 5.88. The van der Waals surface area contributed by atoms with Gasteiger partial charge in [-0.15, -0.1) is 0 Å². The van der Waals surface area contributed by atoms with Crippen LogP contribution in [0.2, 0.25) is 0 Å². The van der Waals surface area contributed by atoms with Gasteiger partial charge < -0.3 is 14.8 Å². The Balaban J connectivity index is 2.09. The SMILES string of the molecule is CCCCOCc1cc(C(=O)Nc2ccc(CC)cc2)ccc1OCC. The van der Waals surface area contributed by atoms with E-state index in [1.165, 1.54) is 5.56 Å². The molecule has 0 aliphatic rings. The van der Waals surface area contributed by atoms with Gasteiger partial charge in [-0.25, -0.2) is 0 Å². The van der Waals surface area contributed by atoms with Gasteiger partial charge in [0.15, 0.2) is 0 Å². The molecule has 0 aliphatic heterocycles. The highest BCUT2D eigenvalue weighted by molar-refractivity contribution is 6.04. The summed E-state index contributed by atoms with van der Waals surface area (Å²) in [5, 5.41) is 2.94. The summed E-state index contributed by atoms with van der Waals surface area (Å²) in [5.41, 5.74) is 3.54. The summed E-state index contributed by atoms with van der Waals surface area (Å²) >= 11 is 0. The molecule has 4 nitrogen and oxygen atoms in total. The summed E-state index contributed by atoms with van der Waals surface area (Å²) in [6, 6.07) is 13.4. The van der Waals surface area contributed by atoms with Crippen LogP contribution in [-0.2, 0) is 17.8 Å². The Morgan fingerprint density at radius 1 is 1.04 bits per heavy atom. The lowest BCUT2D eigenvalue weighted by Gasteiger charge is -2.13. The minimum Gasteiger partial charge on any atom is -0.494 e. The smallest absolute Gasteiger partial charge is 0.255 e. The molecule has 2 aromatic rings. The fourth-order valence-corrected chi connectivity index (χ4v) is 2.59. The zero-order valence-corrected chi connectivity index (χ0v) is 16.0. The summed E-state index contributed by atoms with van der Waals surface area (Å²) < 4.78 is 11.4. The molecule has 2 rings (SSSR count). The standard InChI is InChI=1S/C22H29NO3/c1-4-7-14-25-16-19-15-18(10-13-21(19)26-6-3)22(24)23-20-11-8-17(5-2)9-12-20/h8-13,15H,4-7,14,16H2,1-3H3,(H,23,24). The summed E-state index contributed by atoms with van der Waals surface area (Å²) in [7, 11) is 0. The lowest BCUT2D eigenvalue weighted by molar-refractivity contribution is 0.102. The normalized spacial score (nSPS) is 10.6. The van der Waals surface area contributed by atoms with Crippen LogP contribution in [0, 0.1) is 0 Å². The third-order valence-corrected chi connectivity index (χ3v) is 4.14. The number of aryl methyl sites for hydroxylation is 1. The minimum atomic E-state index is -0.132. The Kier molecular flexibility index (Phi) is 8.16. The van der Waals surface area contributed by atoms with Gasteiger partial charge in [0.1, 0.15) is 5.75 Å². The summed E-state index contributed by atoms with van der Waals surface area (Å²) in [6.45, 7) is 7.92. The molecule has 0 saturated carbocycles. The van der Waals surface area contributed by atoms with Gasteiger partial charge >= 0.3 is 0 Å². The number of hydrogen-bond donors (Lipinski definition) is 1. The number of nitrogens with one attached hydrogen (secondary N) is 1. The molecule has 0 spiro atoms. The average Bonchev–Trinajstić information content (AvgIpc) is 2.67. The van der Waals surface area contributed by atoms with Gasteiger partial charge in [-0.1, -0.05) is 32.4 Å². The van der Waals surface area contributed by atoms with E-state index in [0.29, 0.717) is 25.4 Å². The van der Waals surface area contributed by atoms with Gasteiger partial charge in [-0.2, -0.15) is 0 Å². The van der Waals surface area contributed by atoms with Crippen molar-refractivity contribution in [2.45, 2.75) is 46.6 Å². The van der Waals surface area contributed by atoms with Crippen molar-refractivity contribution in [1.29, 1.82) is 0 Å². The second-order valence-electron chi connectivity index (χ2n) is 6.17. The van der Waals surface area contributed by atoms with Crippen LogP contribution in [0.3, 0.4) is 0 Å². The summed E-state index contributed by atoms with van der Waals surface area (Å²) in [4.78, 5) is 12.6. The van der Waals surface area contributed by atoms with Crippen molar-refractivity contribution in [3.8, 4) is 5.75 Å². The van der Waals surface area contributed by atoms with E-state index in [2.05, 4.69) is 19.2 Å². The lowest BCUT2D eigenvalue weighted by atomic mass is 10.1. The highest BCUT2D eigenvalue weighted by Crippen LogP contribution is 2.22. The van der Waals surface area contributed by atoms with E-state index in [1.54, 1.807) is 6.07 Å². The van der Waals surface area contributed by atoms with E-state index < -0.39 is 0 Å². The van der Waals surface area contributed by atoms with E-state index in [0.717, 1.165) is 36.3 Å². The van der Waals surface area contributed by atoms with Crippen LogP contribution >= 0.6 is 0 Å². The van der Waals surface area contributed by atoms with Crippen molar-refractivity contribution in [3.63, 3.8) is 0 Å². The van der Waals surface area contributed by atoms with Crippen molar-refractivity contribution in [2.24, 2.45) is 0 Å². The highest BCUT2D eigenvalue weighted by Gasteiger charge is 2.11. The maximum Gasteiger partial charge on any atom is 0.255 e. The second kappa shape index (κ2) is 10.6. The molecule has 0 aromatic heterocycles. The molecule has 0 radical (unpaired) electrons. The quantitative estimate of drug-likeness (QED) is 0.595. The number of anilines is 1. The Morgan fingerprint density at radius 3 is 2.46 bits per heavy atom. The first-order valence-corrected chi connectivity index (χ1v) is 9.41. The Labute approximate surface area is 156 Å². The van der Waals surface area contributed by atoms with Crippen molar-refractivity contribution in [3.05, 3.63) is 59.2 Å². The van der Waals surface area contributed by atoms with Crippen LogP contribution in [-0.4, -0.2) is 19.1 Å². The molecule has 0 saturated heterocycles. The molecule has 26 heavy (non-hydrogen) atoms. The number of carbonyl (C=O) groups excluding carboxylic acids is 1. The number of unbranched alkanes of at least 4 members (excludes halogenated alkanes) is 1. The zero-order valence-electron chi connectivity index (χ0n) is 16.0. The van der Waals surface area contributed by atoms with Crippen LogP contribution in [0.5, 0.6) is 5.75 Å². The van der Waals surface area contributed by atoms with Crippen LogP contribution in [0.4, 0.5) is 5.69 Å². The van der Waals surface area contributed by atoms with Gasteiger partial charge in [0.2, 0.25) is 0 Å². The van der Waals surface area contributed by atoms with E-state index >= 15 is 0 Å². The van der Waals surface area contributed by atoms with Crippen molar-refractivity contribution in [1.82, 2.24) is 0 Å². The number of rotatable bonds is 10. The van der Waals surface area contributed by atoms with E-state index in [1.807, 2.05) is 43.3 Å². The highest BCUT2D eigenvalue weighted by atomic mass is 16.5. The minimum absolute atomic E-state index is 0.132. The molecule has 0 heterocycles. The van der Waals surface area contributed by atoms with Crippen molar-refractivity contribution in [2.75, 3.05) is 18.5 Å². The van der Waals surface area contributed by atoms with Crippen LogP contribution in [0.1, 0.15) is 55.1 Å². The topological polar surface area (TPSA) is 47.6 Å². The van der Waals surface area contributed by atoms with Gasteiger partial charge in [-0.05, 0) is 55.7 Å². The first-order chi connectivity index (χ1) is 12.7. The molecule has 1 N–H and O–H groups in total. The molecule has 4 heteroatoms. The van der Waals surface area contributed by atoms with Crippen molar-refractivity contribution < 1.29 is 14.3 Å². The predicted molar refractivity (Wildman–Crippen MR) is 106 cm³/mol. The maximum absolute atomic E-state index is 12.6. The molecule has 0 bridgehead atoms. The molecule has 0 unspecified atom stereocenters. The molecule has 140 valence electrons. The lowest BCUT2D eigenvalue weighted by Crippen LogP contribution is -2.13. The fourth-order valence-electron chi connectivity index (χ4n) is 2.59. The van der Waals surface area contributed by atoms with Gasteiger partial charge in [-0.3, -0.25) is 4.79 Å². The molecule has 1 amide bonds. The molecular weight excluding hydrogens is 326 g/mol. The van der Waals surface area contributed by atoms with E-state index in [4.69, 9.17) is 9.47 Å². The molecule has 0 fully saturated rings. The number of ether oxygens (including phenoxy) is 2. The van der Waals surface area contributed by atoms with Gasteiger partial charge in [0.25, 0.3) is 5.91 Å². The Morgan fingerprint density at radius 2 is 1.81 bits per heavy atom. The first-order valence-electron chi connectivity index (χ1n) is 9.41. The number of benzene rings is 2. The first kappa shape index (κ1) is 20.0. The number of hydrogen-bond acceptors (Lipinski definition) is 3. The van der Waals surface area contributed by atoms with Crippen molar-refractivity contribution >= 4 is 11.6 Å². The van der Waals surface area contributed by atoms with Gasteiger partial charge in [0, 0.05) is 23.4 Å². The van der Waals surface area contributed by atoms with Crippen LogP contribution < -0.4 is 10.1 Å². The Bertz CT molecular complexity index is 695. The third-order valence-electron chi connectivity index (χ3n) is 4.14. The molecule has 0 atom stereocenters. The molecular formula is C22H29NO3. The molecule has 0 aliphatic carbocycles. The predicted octanol–water partition coefficient (Wildman–Crippen LogP) is 5.22. The molecule has 2 aromatic carbocycles. The Hall–Kier alpha value is -2.33. The summed E-state index contributed by atoms with van der Waals surface area (Å²) in [6.07, 6.45) is 3.10. The van der Waals surface area contributed by atoms with E-state index in [9.17, 15) is 4.79 Å². The maximum atomic E-state index is 12.6. The van der Waals surface area contributed by atoms with Crippen LogP contribution in [0.15, 0.2) is 42.5 Å². The average molecular weight is 355 g/mol. The monoisotopic (exact) mass is 355 g/mol. The van der Waals surface area contributed by atoms with E-state index in [-0.39, 0.29) is 5.91 Å². The number of carbonyl (C=O) groups is 1.